The lowest BCUT2D eigenvalue weighted by atomic mass is 10.1. The summed E-state index contributed by atoms with van der Waals surface area (Å²) in [6.45, 7) is 0.816. The molecule has 1 aromatic carbocycles. The van der Waals surface area contributed by atoms with E-state index < -0.39 is 0 Å². The van der Waals surface area contributed by atoms with Crippen LogP contribution in [-0.4, -0.2) is 21.9 Å². The van der Waals surface area contributed by atoms with Gasteiger partial charge in [-0.1, -0.05) is 0 Å². The van der Waals surface area contributed by atoms with E-state index in [0.717, 1.165) is 24.2 Å². The molecule has 0 amide bonds. The summed E-state index contributed by atoms with van der Waals surface area (Å²) >= 11 is 0. The standard InChI is InChI=1S/C14H16N4O/c1-19-12-2-3-13-10(7-16-14(13)6-12)4-5-18-9-11(15)8-17-18/h2-3,6-9,16H,4-5,15H2,1H3. The van der Waals surface area contributed by atoms with Gasteiger partial charge >= 0.3 is 0 Å². The van der Waals surface area contributed by atoms with Gasteiger partial charge in [0.15, 0.2) is 0 Å². The number of anilines is 1. The zero-order valence-electron chi connectivity index (χ0n) is 10.8. The Morgan fingerprint density at radius 2 is 2.32 bits per heavy atom. The third-order valence-electron chi connectivity index (χ3n) is 3.24. The second kappa shape index (κ2) is 4.68. The molecule has 0 fully saturated rings. The van der Waals surface area contributed by atoms with E-state index in [1.165, 1.54) is 10.9 Å². The van der Waals surface area contributed by atoms with Crippen LogP contribution in [0.5, 0.6) is 5.75 Å². The predicted molar refractivity (Wildman–Crippen MR) is 75.2 cm³/mol. The van der Waals surface area contributed by atoms with E-state index in [4.69, 9.17) is 10.5 Å². The largest absolute Gasteiger partial charge is 0.497 e. The number of benzene rings is 1. The molecule has 0 saturated heterocycles. The maximum absolute atomic E-state index is 5.65. The van der Waals surface area contributed by atoms with Crippen LogP contribution >= 0.6 is 0 Å². The summed E-state index contributed by atoms with van der Waals surface area (Å²) in [7, 11) is 1.67. The van der Waals surface area contributed by atoms with Gasteiger partial charge in [0.25, 0.3) is 0 Å². The summed E-state index contributed by atoms with van der Waals surface area (Å²) in [6.07, 6.45) is 6.46. The molecule has 98 valence electrons. The predicted octanol–water partition coefficient (Wildman–Crippen LogP) is 2.20. The van der Waals surface area contributed by atoms with Crippen molar-refractivity contribution < 1.29 is 4.74 Å². The third kappa shape index (κ3) is 2.27. The van der Waals surface area contributed by atoms with Crippen LogP contribution in [0, 0.1) is 0 Å². The lowest BCUT2D eigenvalue weighted by molar-refractivity contribution is 0.415. The SMILES string of the molecule is COc1ccc2c(CCn3cc(N)cn3)c[nH]c2c1. The number of methoxy groups -OCH3 is 1. The highest BCUT2D eigenvalue weighted by atomic mass is 16.5. The highest BCUT2D eigenvalue weighted by Crippen LogP contribution is 2.23. The minimum absolute atomic E-state index is 0.698. The third-order valence-corrected chi connectivity index (χ3v) is 3.24. The molecule has 3 aromatic rings. The molecule has 0 atom stereocenters. The first-order valence-electron chi connectivity index (χ1n) is 6.18. The van der Waals surface area contributed by atoms with Crippen LogP contribution in [0.2, 0.25) is 0 Å². The van der Waals surface area contributed by atoms with Gasteiger partial charge in [0.1, 0.15) is 5.75 Å². The van der Waals surface area contributed by atoms with Crippen molar-refractivity contribution in [1.29, 1.82) is 0 Å². The monoisotopic (exact) mass is 256 g/mol. The first-order valence-corrected chi connectivity index (χ1v) is 6.18. The van der Waals surface area contributed by atoms with E-state index in [9.17, 15) is 0 Å². The minimum Gasteiger partial charge on any atom is -0.497 e. The molecule has 5 nitrogen and oxygen atoms in total. The Balaban J connectivity index is 1.81. The maximum atomic E-state index is 5.65. The number of rotatable bonds is 4. The summed E-state index contributed by atoms with van der Waals surface area (Å²) in [4.78, 5) is 3.27. The highest BCUT2D eigenvalue weighted by molar-refractivity contribution is 5.84. The average Bonchev–Trinajstić information content (AvgIpc) is 3.02. The van der Waals surface area contributed by atoms with Crippen LogP contribution in [0.4, 0.5) is 5.69 Å². The molecular formula is C14H16N4O. The number of nitrogens with two attached hydrogens (primary N) is 1. The van der Waals surface area contributed by atoms with Crippen LogP contribution in [0.1, 0.15) is 5.56 Å². The number of hydrogen-bond donors (Lipinski definition) is 2. The van der Waals surface area contributed by atoms with Crippen LogP contribution in [-0.2, 0) is 13.0 Å². The summed E-state index contributed by atoms with van der Waals surface area (Å²) in [5, 5.41) is 5.41. The molecule has 0 aliphatic carbocycles. The Labute approximate surface area is 111 Å². The quantitative estimate of drug-likeness (QED) is 0.752. The Morgan fingerprint density at radius 1 is 1.42 bits per heavy atom. The van der Waals surface area contributed by atoms with Gasteiger partial charge < -0.3 is 15.5 Å². The number of aromatic nitrogens is 3. The fourth-order valence-corrected chi connectivity index (χ4v) is 2.24. The van der Waals surface area contributed by atoms with Crippen molar-refractivity contribution in [3.63, 3.8) is 0 Å². The molecule has 0 radical (unpaired) electrons. The molecule has 3 N–H and O–H groups in total. The van der Waals surface area contributed by atoms with Crippen molar-refractivity contribution in [3.8, 4) is 5.75 Å². The summed E-state index contributed by atoms with van der Waals surface area (Å²) in [5.74, 6) is 0.862. The van der Waals surface area contributed by atoms with E-state index in [1.54, 1.807) is 13.3 Å². The molecule has 5 heteroatoms. The molecule has 0 bridgehead atoms. The Kier molecular flexibility index (Phi) is 2.87. The van der Waals surface area contributed by atoms with Gasteiger partial charge in [0.05, 0.1) is 19.0 Å². The van der Waals surface area contributed by atoms with Gasteiger partial charge in [-0.2, -0.15) is 5.10 Å². The number of H-pyrrole nitrogens is 1. The normalized spacial score (nSPS) is 11.0. The molecule has 3 rings (SSSR count). The highest BCUT2D eigenvalue weighted by Gasteiger charge is 2.05. The number of aryl methyl sites for hydroxylation is 2. The fraction of sp³-hybridized carbons (Fsp3) is 0.214. The Hall–Kier alpha value is -2.43. The van der Waals surface area contributed by atoms with E-state index in [2.05, 4.69) is 16.1 Å². The zero-order valence-corrected chi connectivity index (χ0v) is 10.8. The Morgan fingerprint density at radius 3 is 3.05 bits per heavy atom. The van der Waals surface area contributed by atoms with Gasteiger partial charge in [-0.25, -0.2) is 0 Å². The average molecular weight is 256 g/mol. The second-order valence-corrected chi connectivity index (χ2v) is 4.51. The van der Waals surface area contributed by atoms with Crippen LogP contribution in [0.15, 0.2) is 36.8 Å². The molecule has 0 spiro atoms. The molecule has 0 aliphatic rings. The van der Waals surface area contributed by atoms with Crippen molar-refractivity contribution in [3.05, 3.63) is 42.4 Å². The molecule has 0 saturated carbocycles. The van der Waals surface area contributed by atoms with Crippen molar-refractivity contribution in [2.24, 2.45) is 0 Å². The number of nitrogens with one attached hydrogen (secondary N) is 1. The van der Waals surface area contributed by atoms with Gasteiger partial charge in [0.2, 0.25) is 0 Å². The first-order chi connectivity index (χ1) is 9.26. The summed E-state index contributed by atoms with van der Waals surface area (Å²) in [5.41, 5.74) is 8.71. The van der Waals surface area contributed by atoms with Gasteiger partial charge in [-0.05, 0) is 24.1 Å². The summed E-state index contributed by atoms with van der Waals surface area (Å²) in [6, 6.07) is 6.06. The molecule has 0 unspecified atom stereocenters. The van der Waals surface area contributed by atoms with Crippen molar-refractivity contribution in [2.45, 2.75) is 13.0 Å². The molecule has 2 heterocycles. The topological polar surface area (TPSA) is 68.9 Å². The van der Waals surface area contributed by atoms with Crippen LogP contribution in [0.25, 0.3) is 10.9 Å². The Bertz CT molecular complexity index is 698. The first kappa shape index (κ1) is 11.6. The van der Waals surface area contributed by atoms with Crippen LogP contribution in [0.3, 0.4) is 0 Å². The number of nitrogen functional groups attached to an aromatic ring is 1. The summed E-state index contributed by atoms with van der Waals surface area (Å²) < 4.78 is 7.07. The number of fused-ring (bicyclic) bond motifs is 1. The van der Waals surface area contributed by atoms with E-state index in [1.807, 2.05) is 29.2 Å². The van der Waals surface area contributed by atoms with E-state index in [-0.39, 0.29) is 0 Å². The lowest BCUT2D eigenvalue weighted by Crippen LogP contribution is -2.01. The zero-order chi connectivity index (χ0) is 13.2. The molecule has 0 aliphatic heterocycles. The lowest BCUT2D eigenvalue weighted by Gasteiger charge is -2.02. The van der Waals surface area contributed by atoms with E-state index >= 15 is 0 Å². The maximum Gasteiger partial charge on any atom is 0.120 e. The van der Waals surface area contributed by atoms with Gasteiger partial charge in [0, 0.05) is 35.9 Å². The fourth-order valence-electron chi connectivity index (χ4n) is 2.24. The second-order valence-electron chi connectivity index (χ2n) is 4.51. The number of aromatic amines is 1. The minimum atomic E-state index is 0.698. The smallest absolute Gasteiger partial charge is 0.120 e. The molecule has 19 heavy (non-hydrogen) atoms. The van der Waals surface area contributed by atoms with E-state index in [0.29, 0.717) is 5.69 Å². The molecular weight excluding hydrogens is 240 g/mol. The van der Waals surface area contributed by atoms with Gasteiger partial charge in [-0.15, -0.1) is 0 Å². The van der Waals surface area contributed by atoms with Crippen molar-refractivity contribution in [1.82, 2.24) is 14.8 Å². The number of ether oxygens (including phenoxy) is 1. The van der Waals surface area contributed by atoms with Gasteiger partial charge in [-0.3, -0.25) is 4.68 Å². The van der Waals surface area contributed by atoms with Crippen molar-refractivity contribution >= 4 is 16.6 Å². The number of hydrogen-bond acceptors (Lipinski definition) is 3. The van der Waals surface area contributed by atoms with Crippen LogP contribution < -0.4 is 10.5 Å². The molecule has 2 aromatic heterocycles. The van der Waals surface area contributed by atoms with Crippen molar-refractivity contribution in [2.75, 3.05) is 12.8 Å². The number of nitrogens with zero attached hydrogens (tertiary/aromatic N) is 2.